The minimum absolute atomic E-state index is 0.285. The molecular weight excluding hydrogens is 428 g/mol. The number of nitrogens with one attached hydrogen (secondary N) is 1. The first kappa shape index (κ1) is 19.1. The number of halogens is 2. The van der Waals surface area contributed by atoms with Gasteiger partial charge in [0.2, 0.25) is 0 Å². The molecule has 0 spiro atoms. The van der Waals surface area contributed by atoms with Gasteiger partial charge in [-0.25, -0.2) is 5.43 Å². The predicted molar refractivity (Wildman–Crippen MR) is 111 cm³/mol. The van der Waals surface area contributed by atoms with Gasteiger partial charge in [0.25, 0.3) is 5.91 Å². The van der Waals surface area contributed by atoms with Crippen LogP contribution in [0.4, 0.5) is 0 Å². The van der Waals surface area contributed by atoms with Crippen molar-refractivity contribution in [1.29, 1.82) is 0 Å². The molecule has 0 bridgehead atoms. The van der Waals surface area contributed by atoms with Gasteiger partial charge in [-0.3, -0.25) is 4.79 Å². The van der Waals surface area contributed by atoms with E-state index < -0.39 is 0 Å². The molecule has 3 rings (SSSR count). The standard InChI is InChI=1S/C21H16BrClN2O2/c22-18-6-3-5-16(12-18)21(26)25-24-13-17-4-1-2-7-20(17)27-14-15-8-10-19(23)11-9-15/h1-13H,14H2,(H,25,26)/b24-13-. The van der Waals surface area contributed by atoms with Gasteiger partial charge in [-0.15, -0.1) is 0 Å². The zero-order chi connectivity index (χ0) is 19.1. The molecule has 3 aromatic carbocycles. The van der Waals surface area contributed by atoms with Crippen LogP contribution in [-0.4, -0.2) is 12.1 Å². The number of carbonyl (C=O) groups is 1. The highest BCUT2D eigenvalue weighted by atomic mass is 79.9. The van der Waals surface area contributed by atoms with Gasteiger partial charge in [0.05, 0.1) is 6.21 Å². The van der Waals surface area contributed by atoms with Crippen LogP contribution in [0.2, 0.25) is 5.02 Å². The van der Waals surface area contributed by atoms with E-state index in [1.54, 1.807) is 24.4 Å². The predicted octanol–water partition coefficient (Wildman–Crippen LogP) is 5.45. The summed E-state index contributed by atoms with van der Waals surface area (Å²) in [6.45, 7) is 0.409. The monoisotopic (exact) mass is 442 g/mol. The van der Waals surface area contributed by atoms with Gasteiger partial charge >= 0.3 is 0 Å². The van der Waals surface area contributed by atoms with Crippen molar-refractivity contribution in [1.82, 2.24) is 5.43 Å². The molecule has 4 nitrogen and oxygen atoms in total. The summed E-state index contributed by atoms with van der Waals surface area (Å²) in [6.07, 6.45) is 1.56. The maximum absolute atomic E-state index is 12.1. The van der Waals surface area contributed by atoms with E-state index in [1.165, 1.54) is 0 Å². The molecule has 3 aromatic rings. The number of hydrogen-bond acceptors (Lipinski definition) is 3. The van der Waals surface area contributed by atoms with E-state index in [0.717, 1.165) is 15.6 Å². The molecule has 0 atom stereocenters. The number of hydrazone groups is 1. The highest BCUT2D eigenvalue weighted by molar-refractivity contribution is 9.10. The van der Waals surface area contributed by atoms with Gasteiger partial charge in [-0.05, 0) is 48.0 Å². The van der Waals surface area contributed by atoms with Crippen LogP contribution in [0, 0.1) is 0 Å². The number of hydrogen-bond donors (Lipinski definition) is 1. The largest absolute Gasteiger partial charge is 0.488 e. The zero-order valence-corrected chi connectivity index (χ0v) is 16.6. The van der Waals surface area contributed by atoms with Crippen molar-refractivity contribution in [3.8, 4) is 5.75 Å². The summed E-state index contributed by atoms with van der Waals surface area (Å²) in [5.74, 6) is 0.389. The number of ether oxygens (including phenoxy) is 1. The first-order valence-corrected chi connectivity index (χ1v) is 9.34. The van der Waals surface area contributed by atoms with Crippen molar-refractivity contribution < 1.29 is 9.53 Å². The number of nitrogens with zero attached hydrogens (tertiary/aromatic N) is 1. The average molecular weight is 444 g/mol. The zero-order valence-electron chi connectivity index (χ0n) is 14.2. The number of carbonyl (C=O) groups excluding carboxylic acids is 1. The molecule has 0 fully saturated rings. The molecule has 0 radical (unpaired) electrons. The summed E-state index contributed by atoms with van der Waals surface area (Å²) >= 11 is 9.24. The van der Waals surface area contributed by atoms with Crippen LogP contribution in [0.3, 0.4) is 0 Å². The molecule has 0 heterocycles. The maximum atomic E-state index is 12.1. The minimum Gasteiger partial charge on any atom is -0.488 e. The van der Waals surface area contributed by atoms with E-state index in [1.807, 2.05) is 54.6 Å². The van der Waals surface area contributed by atoms with Crippen molar-refractivity contribution in [2.24, 2.45) is 5.10 Å². The normalized spacial score (nSPS) is 10.7. The van der Waals surface area contributed by atoms with Crippen LogP contribution in [-0.2, 0) is 6.61 Å². The topological polar surface area (TPSA) is 50.7 Å². The lowest BCUT2D eigenvalue weighted by Gasteiger charge is -2.09. The van der Waals surface area contributed by atoms with Crippen LogP contribution in [0.5, 0.6) is 5.75 Å². The van der Waals surface area contributed by atoms with Crippen LogP contribution < -0.4 is 10.2 Å². The highest BCUT2D eigenvalue weighted by Crippen LogP contribution is 2.18. The molecule has 0 saturated carbocycles. The molecule has 0 aliphatic heterocycles. The molecule has 27 heavy (non-hydrogen) atoms. The molecular formula is C21H16BrClN2O2. The van der Waals surface area contributed by atoms with Crippen LogP contribution in [0.1, 0.15) is 21.5 Å². The lowest BCUT2D eigenvalue weighted by molar-refractivity contribution is 0.0955. The lowest BCUT2D eigenvalue weighted by Crippen LogP contribution is -2.17. The Kier molecular flexibility index (Phi) is 6.63. The Morgan fingerprint density at radius 3 is 2.63 bits per heavy atom. The third kappa shape index (κ3) is 5.67. The smallest absolute Gasteiger partial charge is 0.271 e. The van der Waals surface area contributed by atoms with Gasteiger partial charge in [0, 0.05) is 20.6 Å². The molecule has 136 valence electrons. The molecule has 0 aliphatic carbocycles. The fourth-order valence-electron chi connectivity index (χ4n) is 2.32. The number of rotatable bonds is 6. The van der Waals surface area contributed by atoms with E-state index in [-0.39, 0.29) is 5.91 Å². The second-order valence-electron chi connectivity index (χ2n) is 5.66. The second-order valence-corrected chi connectivity index (χ2v) is 7.01. The molecule has 0 aliphatic rings. The van der Waals surface area contributed by atoms with Gasteiger partial charge < -0.3 is 4.74 Å². The summed E-state index contributed by atoms with van der Waals surface area (Å²) in [7, 11) is 0. The van der Waals surface area contributed by atoms with E-state index in [9.17, 15) is 4.79 Å². The summed E-state index contributed by atoms with van der Waals surface area (Å²) in [5.41, 5.74) is 4.82. The minimum atomic E-state index is -0.285. The van der Waals surface area contributed by atoms with E-state index >= 15 is 0 Å². The molecule has 0 saturated heterocycles. The number of benzene rings is 3. The van der Waals surface area contributed by atoms with Gasteiger partial charge in [0.1, 0.15) is 12.4 Å². The highest BCUT2D eigenvalue weighted by Gasteiger charge is 2.05. The first-order chi connectivity index (χ1) is 13.1. The summed E-state index contributed by atoms with van der Waals surface area (Å²) in [6, 6.07) is 22.1. The summed E-state index contributed by atoms with van der Waals surface area (Å²) in [4.78, 5) is 12.1. The van der Waals surface area contributed by atoms with Crippen molar-refractivity contribution in [3.05, 3.63) is 99.0 Å². The van der Waals surface area contributed by atoms with Crippen LogP contribution >= 0.6 is 27.5 Å². The van der Waals surface area contributed by atoms with Crippen molar-refractivity contribution in [2.75, 3.05) is 0 Å². The fourth-order valence-corrected chi connectivity index (χ4v) is 2.84. The first-order valence-electron chi connectivity index (χ1n) is 8.17. The Morgan fingerprint density at radius 2 is 1.85 bits per heavy atom. The maximum Gasteiger partial charge on any atom is 0.271 e. The SMILES string of the molecule is O=C(N/N=C\c1ccccc1OCc1ccc(Cl)cc1)c1cccc(Br)c1. The fraction of sp³-hybridized carbons (Fsp3) is 0.0476. The molecule has 0 aromatic heterocycles. The molecule has 6 heteroatoms. The van der Waals surface area contributed by atoms with Gasteiger partial charge in [-0.1, -0.05) is 57.9 Å². The third-order valence-corrected chi connectivity index (χ3v) is 4.43. The van der Waals surface area contributed by atoms with Crippen molar-refractivity contribution in [3.63, 3.8) is 0 Å². The van der Waals surface area contributed by atoms with E-state index in [0.29, 0.717) is 22.9 Å². The Labute approximate surface area is 171 Å². The van der Waals surface area contributed by atoms with Gasteiger partial charge in [0.15, 0.2) is 0 Å². The summed E-state index contributed by atoms with van der Waals surface area (Å²) < 4.78 is 6.70. The van der Waals surface area contributed by atoms with Crippen LogP contribution in [0.25, 0.3) is 0 Å². The second kappa shape index (κ2) is 9.35. The van der Waals surface area contributed by atoms with Crippen LogP contribution in [0.15, 0.2) is 82.4 Å². The number of para-hydroxylation sites is 1. The number of amides is 1. The quantitative estimate of drug-likeness (QED) is 0.407. The van der Waals surface area contributed by atoms with E-state index in [4.69, 9.17) is 16.3 Å². The molecule has 0 unspecified atom stereocenters. The third-order valence-electron chi connectivity index (χ3n) is 3.68. The van der Waals surface area contributed by atoms with E-state index in [2.05, 4.69) is 26.5 Å². The Morgan fingerprint density at radius 1 is 1.07 bits per heavy atom. The Balaban J connectivity index is 1.64. The molecule has 1 amide bonds. The van der Waals surface area contributed by atoms with Crippen molar-refractivity contribution in [2.45, 2.75) is 6.61 Å². The lowest BCUT2D eigenvalue weighted by atomic mass is 10.2. The van der Waals surface area contributed by atoms with Crippen molar-refractivity contribution >= 4 is 39.7 Å². The Bertz CT molecular complexity index is 958. The average Bonchev–Trinajstić information content (AvgIpc) is 2.68. The molecule has 1 N–H and O–H groups in total. The summed E-state index contributed by atoms with van der Waals surface area (Å²) in [5, 5.41) is 4.73. The van der Waals surface area contributed by atoms with Gasteiger partial charge in [-0.2, -0.15) is 5.10 Å². The Hall–Kier alpha value is -2.63.